The predicted molar refractivity (Wildman–Crippen MR) is 49.0 cm³/mol. The van der Waals surface area contributed by atoms with E-state index in [-0.39, 0.29) is 5.91 Å². The van der Waals surface area contributed by atoms with Gasteiger partial charge in [0.05, 0.1) is 6.54 Å². The summed E-state index contributed by atoms with van der Waals surface area (Å²) in [6, 6.07) is 0. The van der Waals surface area contributed by atoms with E-state index in [0.29, 0.717) is 6.54 Å². The molecule has 0 atom stereocenters. The zero-order chi connectivity index (χ0) is 8.97. The van der Waals surface area contributed by atoms with Crippen LogP contribution in [0.25, 0.3) is 0 Å². The normalized spacial score (nSPS) is 21.2. The summed E-state index contributed by atoms with van der Waals surface area (Å²) in [6.45, 7) is 5.81. The summed E-state index contributed by atoms with van der Waals surface area (Å²) in [4.78, 5) is 15.5. The minimum Gasteiger partial charge on any atom is -0.345 e. The summed E-state index contributed by atoms with van der Waals surface area (Å²) in [6.07, 6.45) is 2.25. The molecule has 0 aromatic carbocycles. The van der Waals surface area contributed by atoms with Gasteiger partial charge in [-0.2, -0.15) is 0 Å². The first-order valence-electron chi connectivity index (χ1n) is 4.70. The van der Waals surface area contributed by atoms with Gasteiger partial charge in [-0.05, 0) is 19.4 Å². The fourth-order valence-corrected chi connectivity index (χ4v) is 1.55. The van der Waals surface area contributed by atoms with Gasteiger partial charge in [0, 0.05) is 20.1 Å². The molecule has 1 fully saturated rings. The van der Waals surface area contributed by atoms with Crippen LogP contribution in [0.5, 0.6) is 0 Å². The quantitative estimate of drug-likeness (QED) is 0.604. The Morgan fingerprint density at radius 3 is 2.83 bits per heavy atom. The van der Waals surface area contributed by atoms with Gasteiger partial charge in [-0.25, -0.2) is 0 Å². The minimum atomic E-state index is 0.265. The second kappa shape index (κ2) is 4.45. The molecule has 0 aliphatic carbocycles. The number of hydrogen-bond donors (Lipinski definition) is 0. The van der Waals surface area contributed by atoms with Gasteiger partial charge >= 0.3 is 0 Å². The number of likely N-dealkylation sites (N-methyl/N-ethyl adjacent to an activating group) is 1. The van der Waals surface area contributed by atoms with E-state index in [2.05, 4.69) is 11.8 Å². The summed E-state index contributed by atoms with van der Waals surface area (Å²) in [5.41, 5.74) is 0. The highest BCUT2D eigenvalue weighted by Crippen LogP contribution is 2.02. The number of hydrogen-bond acceptors (Lipinski definition) is 2. The number of carbonyl (C=O) groups excluding carboxylic acids is 1. The van der Waals surface area contributed by atoms with E-state index >= 15 is 0 Å². The number of amides is 1. The van der Waals surface area contributed by atoms with Gasteiger partial charge in [-0.3, -0.25) is 9.69 Å². The highest BCUT2D eigenvalue weighted by molar-refractivity contribution is 5.78. The van der Waals surface area contributed by atoms with Crippen molar-refractivity contribution in [1.82, 2.24) is 9.80 Å². The van der Waals surface area contributed by atoms with Crippen LogP contribution in [0.2, 0.25) is 0 Å². The molecule has 0 saturated carbocycles. The van der Waals surface area contributed by atoms with Crippen molar-refractivity contribution >= 4 is 5.91 Å². The average molecular weight is 170 g/mol. The lowest BCUT2D eigenvalue weighted by molar-refractivity contribution is -0.129. The molecule has 1 aliphatic rings. The Kier molecular flexibility index (Phi) is 3.53. The first-order chi connectivity index (χ1) is 5.74. The lowest BCUT2D eigenvalue weighted by Gasteiger charge is -2.17. The van der Waals surface area contributed by atoms with Crippen LogP contribution >= 0.6 is 0 Å². The zero-order valence-corrected chi connectivity index (χ0v) is 8.05. The van der Waals surface area contributed by atoms with Gasteiger partial charge < -0.3 is 4.90 Å². The molecule has 1 heterocycles. The smallest absolute Gasteiger partial charge is 0.236 e. The van der Waals surface area contributed by atoms with Crippen molar-refractivity contribution in [2.45, 2.75) is 19.8 Å². The minimum absolute atomic E-state index is 0.265. The van der Waals surface area contributed by atoms with Crippen molar-refractivity contribution in [1.29, 1.82) is 0 Å². The van der Waals surface area contributed by atoms with Crippen LogP contribution in [-0.4, -0.2) is 48.9 Å². The maximum atomic E-state index is 11.4. The van der Waals surface area contributed by atoms with Gasteiger partial charge in [-0.1, -0.05) is 6.92 Å². The van der Waals surface area contributed by atoms with Gasteiger partial charge in [-0.15, -0.1) is 0 Å². The first kappa shape index (κ1) is 9.52. The molecule has 12 heavy (non-hydrogen) atoms. The third-order valence-electron chi connectivity index (χ3n) is 2.29. The summed E-state index contributed by atoms with van der Waals surface area (Å²) in [5, 5.41) is 0. The highest BCUT2D eigenvalue weighted by Gasteiger charge is 2.17. The SMILES string of the molecule is CCCN1CCCN(C)C(=O)C1. The van der Waals surface area contributed by atoms with Gasteiger partial charge in [0.1, 0.15) is 0 Å². The van der Waals surface area contributed by atoms with Gasteiger partial charge in [0.25, 0.3) is 0 Å². The molecule has 3 nitrogen and oxygen atoms in total. The predicted octanol–water partition coefficient (Wildman–Crippen LogP) is 0.560. The highest BCUT2D eigenvalue weighted by atomic mass is 16.2. The molecule has 0 spiro atoms. The van der Waals surface area contributed by atoms with E-state index < -0.39 is 0 Å². The molecule has 0 bridgehead atoms. The molecule has 0 radical (unpaired) electrons. The van der Waals surface area contributed by atoms with Gasteiger partial charge in [0.2, 0.25) is 5.91 Å². The van der Waals surface area contributed by atoms with Crippen LogP contribution in [0.15, 0.2) is 0 Å². The molecule has 1 rings (SSSR count). The largest absolute Gasteiger partial charge is 0.345 e. The first-order valence-corrected chi connectivity index (χ1v) is 4.70. The van der Waals surface area contributed by atoms with Crippen molar-refractivity contribution in [2.24, 2.45) is 0 Å². The van der Waals surface area contributed by atoms with E-state index in [1.54, 1.807) is 0 Å². The van der Waals surface area contributed by atoms with Crippen molar-refractivity contribution in [3.05, 3.63) is 0 Å². The second-order valence-corrected chi connectivity index (χ2v) is 3.44. The Labute approximate surface area is 74.3 Å². The van der Waals surface area contributed by atoms with Gasteiger partial charge in [0.15, 0.2) is 0 Å². The third kappa shape index (κ3) is 2.48. The van der Waals surface area contributed by atoms with Crippen molar-refractivity contribution in [3.63, 3.8) is 0 Å². The van der Waals surface area contributed by atoms with E-state index in [9.17, 15) is 4.79 Å². The van der Waals surface area contributed by atoms with E-state index in [4.69, 9.17) is 0 Å². The molecular weight excluding hydrogens is 152 g/mol. The molecule has 0 unspecified atom stereocenters. The Morgan fingerprint density at radius 2 is 2.17 bits per heavy atom. The van der Waals surface area contributed by atoms with E-state index in [1.165, 1.54) is 0 Å². The van der Waals surface area contributed by atoms with Crippen LogP contribution in [0.4, 0.5) is 0 Å². The maximum Gasteiger partial charge on any atom is 0.236 e. The zero-order valence-electron chi connectivity index (χ0n) is 8.05. The molecular formula is C9H18N2O. The number of nitrogens with zero attached hydrogens (tertiary/aromatic N) is 2. The standard InChI is InChI=1S/C9H18N2O/c1-3-5-11-7-4-6-10(2)9(12)8-11/h3-8H2,1-2H3. The van der Waals surface area contributed by atoms with Crippen molar-refractivity contribution < 1.29 is 4.79 Å². The topological polar surface area (TPSA) is 23.6 Å². The molecule has 70 valence electrons. The fraction of sp³-hybridized carbons (Fsp3) is 0.889. The maximum absolute atomic E-state index is 11.4. The van der Waals surface area contributed by atoms with E-state index in [1.807, 2.05) is 11.9 Å². The average Bonchev–Trinajstić information content (AvgIpc) is 2.16. The van der Waals surface area contributed by atoms with Crippen molar-refractivity contribution in [3.8, 4) is 0 Å². The summed E-state index contributed by atoms with van der Waals surface area (Å²) in [5.74, 6) is 0.265. The third-order valence-corrected chi connectivity index (χ3v) is 2.29. The Bertz CT molecular complexity index is 159. The summed E-state index contributed by atoms with van der Waals surface area (Å²) < 4.78 is 0. The van der Waals surface area contributed by atoms with Crippen LogP contribution < -0.4 is 0 Å². The van der Waals surface area contributed by atoms with Crippen molar-refractivity contribution in [2.75, 3.05) is 33.2 Å². The Balaban J connectivity index is 2.42. The molecule has 0 N–H and O–H groups in total. The Morgan fingerprint density at radius 1 is 1.42 bits per heavy atom. The Hall–Kier alpha value is -0.570. The number of rotatable bonds is 2. The van der Waals surface area contributed by atoms with Crippen LogP contribution in [-0.2, 0) is 4.79 Å². The second-order valence-electron chi connectivity index (χ2n) is 3.44. The fourth-order valence-electron chi connectivity index (χ4n) is 1.55. The monoisotopic (exact) mass is 170 g/mol. The lowest BCUT2D eigenvalue weighted by Crippen LogP contribution is -2.34. The summed E-state index contributed by atoms with van der Waals surface area (Å²) in [7, 11) is 1.89. The van der Waals surface area contributed by atoms with Crippen LogP contribution in [0.1, 0.15) is 19.8 Å². The lowest BCUT2D eigenvalue weighted by atomic mass is 10.3. The molecule has 1 saturated heterocycles. The summed E-state index contributed by atoms with van der Waals surface area (Å²) >= 11 is 0. The molecule has 0 aromatic rings. The van der Waals surface area contributed by atoms with Crippen LogP contribution in [0, 0.1) is 0 Å². The van der Waals surface area contributed by atoms with Crippen LogP contribution in [0.3, 0.4) is 0 Å². The van der Waals surface area contributed by atoms with E-state index in [0.717, 1.165) is 32.5 Å². The molecule has 1 aliphatic heterocycles. The molecule has 3 heteroatoms. The molecule has 0 aromatic heterocycles. The number of carbonyl (C=O) groups is 1. The molecule has 1 amide bonds.